The molecule has 0 aliphatic rings. The van der Waals surface area contributed by atoms with Crippen LogP contribution in [0, 0.1) is 0 Å². The van der Waals surface area contributed by atoms with Crippen LogP contribution in [-0.4, -0.2) is 25.8 Å². The molecule has 1 atom stereocenters. The van der Waals surface area contributed by atoms with Gasteiger partial charge in [0.05, 0.1) is 7.11 Å². The third-order valence-electron chi connectivity index (χ3n) is 2.65. The molecule has 0 bridgehead atoms. The number of hydrogen-bond acceptors (Lipinski definition) is 2. The Kier molecular flexibility index (Phi) is 5.21. The average molecular weight is 318 g/mol. The van der Waals surface area contributed by atoms with Gasteiger partial charge in [-0.3, -0.25) is 0 Å². The average Bonchev–Trinajstić information content (AvgIpc) is 2.34. The summed E-state index contributed by atoms with van der Waals surface area (Å²) in [6, 6.07) is 1.35. The SMILES string of the molecule is CCNC(c1cc(Cl)ccc1OC)C(F)(F)C(F)(F)F. The van der Waals surface area contributed by atoms with Crippen molar-refractivity contribution < 1.29 is 26.7 Å². The highest BCUT2D eigenvalue weighted by atomic mass is 35.5. The molecule has 0 saturated carbocycles. The first-order chi connectivity index (χ1) is 9.15. The number of ether oxygens (including phenoxy) is 1. The molecule has 0 fully saturated rings. The van der Waals surface area contributed by atoms with Crippen molar-refractivity contribution in [2.75, 3.05) is 13.7 Å². The molecular weight excluding hydrogens is 305 g/mol. The fourth-order valence-corrected chi connectivity index (χ4v) is 1.91. The predicted molar refractivity (Wildman–Crippen MR) is 65.4 cm³/mol. The summed E-state index contributed by atoms with van der Waals surface area (Å²) in [6.45, 7) is 1.35. The molecule has 1 unspecified atom stereocenters. The van der Waals surface area contributed by atoms with E-state index in [1.54, 1.807) is 0 Å². The van der Waals surface area contributed by atoms with E-state index in [9.17, 15) is 22.0 Å². The van der Waals surface area contributed by atoms with E-state index in [1.807, 2.05) is 0 Å². The van der Waals surface area contributed by atoms with Crippen molar-refractivity contribution in [1.29, 1.82) is 0 Å². The van der Waals surface area contributed by atoms with Gasteiger partial charge in [-0.1, -0.05) is 18.5 Å². The van der Waals surface area contributed by atoms with Gasteiger partial charge in [0.1, 0.15) is 11.8 Å². The molecule has 20 heavy (non-hydrogen) atoms. The van der Waals surface area contributed by atoms with E-state index in [2.05, 4.69) is 5.32 Å². The molecule has 1 rings (SSSR count). The molecule has 1 N–H and O–H groups in total. The Labute approximate surface area is 117 Å². The Bertz CT molecular complexity index is 464. The van der Waals surface area contributed by atoms with Crippen LogP contribution in [0.1, 0.15) is 18.5 Å². The summed E-state index contributed by atoms with van der Waals surface area (Å²) in [5.74, 6) is -5.05. The van der Waals surface area contributed by atoms with E-state index in [1.165, 1.54) is 26.2 Å². The Morgan fingerprint density at radius 3 is 2.30 bits per heavy atom. The fourth-order valence-electron chi connectivity index (χ4n) is 1.73. The van der Waals surface area contributed by atoms with Gasteiger partial charge in [-0.2, -0.15) is 22.0 Å². The number of hydrogen-bond donors (Lipinski definition) is 1. The standard InChI is InChI=1S/C12H13ClF5NO/c1-3-19-10(11(14,15)12(16,17)18)8-6-7(13)4-5-9(8)20-2/h4-6,10,19H,3H2,1-2H3. The number of rotatable bonds is 5. The second kappa shape index (κ2) is 6.13. The maximum absolute atomic E-state index is 13.6. The minimum Gasteiger partial charge on any atom is -0.496 e. The van der Waals surface area contributed by atoms with Crippen LogP contribution >= 0.6 is 11.6 Å². The lowest BCUT2D eigenvalue weighted by molar-refractivity contribution is -0.294. The molecule has 0 radical (unpaired) electrons. The summed E-state index contributed by atoms with van der Waals surface area (Å²) in [5, 5.41) is 2.18. The molecule has 1 aromatic carbocycles. The molecule has 0 aromatic heterocycles. The van der Waals surface area contributed by atoms with Gasteiger partial charge in [-0.15, -0.1) is 0 Å². The van der Waals surface area contributed by atoms with Crippen molar-refractivity contribution in [1.82, 2.24) is 5.32 Å². The molecule has 0 heterocycles. The molecule has 2 nitrogen and oxygen atoms in total. The van der Waals surface area contributed by atoms with Gasteiger partial charge in [0.15, 0.2) is 0 Å². The fraction of sp³-hybridized carbons (Fsp3) is 0.500. The Balaban J connectivity index is 3.37. The van der Waals surface area contributed by atoms with Crippen LogP contribution in [0.5, 0.6) is 5.75 Å². The Morgan fingerprint density at radius 1 is 1.25 bits per heavy atom. The van der Waals surface area contributed by atoms with Crippen molar-refractivity contribution in [3.63, 3.8) is 0 Å². The largest absolute Gasteiger partial charge is 0.496 e. The zero-order chi connectivity index (χ0) is 15.6. The molecule has 0 aliphatic heterocycles. The quantitative estimate of drug-likeness (QED) is 0.822. The van der Waals surface area contributed by atoms with Gasteiger partial charge in [-0.25, -0.2) is 0 Å². The van der Waals surface area contributed by atoms with Gasteiger partial charge in [0.25, 0.3) is 0 Å². The maximum Gasteiger partial charge on any atom is 0.455 e. The van der Waals surface area contributed by atoms with E-state index in [0.717, 1.165) is 6.07 Å². The minimum absolute atomic E-state index is 0.0432. The number of alkyl halides is 5. The van der Waals surface area contributed by atoms with Gasteiger partial charge in [0.2, 0.25) is 0 Å². The van der Waals surface area contributed by atoms with Gasteiger partial charge in [-0.05, 0) is 24.7 Å². The second-order valence-corrected chi connectivity index (χ2v) is 4.43. The van der Waals surface area contributed by atoms with Crippen LogP contribution in [0.4, 0.5) is 22.0 Å². The highest BCUT2D eigenvalue weighted by Crippen LogP contribution is 2.46. The summed E-state index contributed by atoms with van der Waals surface area (Å²) in [7, 11) is 1.18. The molecule has 0 aliphatic carbocycles. The molecule has 0 saturated heterocycles. The molecule has 0 amide bonds. The van der Waals surface area contributed by atoms with Crippen molar-refractivity contribution in [2.24, 2.45) is 0 Å². The topological polar surface area (TPSA) is 21.3 Å². The maximum atomic E-state index is 13.6. The monoisotopic (exact) mass is 317 g/mol. The van der Waals surface area contributed by atoms with Crippen LogP contribution in [0.3, 0.4) is 0 Å². The van der Waals surface area contributed by atoms with Crippen LogP contribution in [-0.2, 0) is 0 Å². The first kappa shape index (κ1) is 17.0. The van der Waals surface area contributed by atoms with E-state index < -0.39 is 18.1 Å². The van der Waals surface area contributed by atoms with E-state index >= 15 is 0 Å². The molecule has 0 spiro atoms. The lowest BCUT2D eigenvalue weighted by atomic mass is 9.98. The second-order valence-electron chi connectivity index (χ2n) is 4.00. The van der Waals surface area contributed by atoms with E-state index in [4.69, 9.17) is 16.3 Å². The van der Waals surface area contributed by atoms with Gasteiger partial charge in [0, 0.05) is 10.6 Å². The lowest BCUT2D eigenvalue weighted by Gasteiger charge is -2.30. The summed E-state index contributed by atoms with van der Waals surface area (Å²) in [6.07, 6.45) is -5.69. The minimum atomic E-state index is -5.69. The first-order valence-electron chi connectivity index (χ1n) is 5.66. The highest BCUT2D eigenvalue weighted by Gasteiger charge is 2.63. The number of methoxy groups -OCH3 is 1. The van der Waals surface area contributed by atoms with E-state index in [0.29, 0.717) is 0 Å². The van der Waals surface area contributed by atoms with Crippen LogP contribution in [0.2, 0.25) is 5.02 Å². The zero-order valence-corrected chi connectivity index (χ0v) is 11.4. The van der Waals surface area contributed by atoms with Crippen LogP contribution in [0.25, 0.3) is 0 Å². The Hall–Kier alpha value is -1.08. The summed E-state index contributed by atoms with van der Waals surface area (Å²) in [5.41, 5.74) is -0.343. The van der Waals surface area contributed by atoms with Crippen molar-refractivity contribution in [3.05, 3.63) is 28.8 Å². The normalized spacial score (nSPS) is 14.2. The number of halogens is 6. The van der Waals surface area contributed by atoms with Crippen LogP contribution < -0.4 is 10.1 Å². The lowest BCUT2D eigenvalue weighted by Crippen LogP contribution is -2.48. The molecule has 1 aromatic rings. The predicted octanol–water partition coefficient (Wildman–Crippen LogP) is 4.20. The summed E-state index contributed by atoms with van der Waals surface area (Å²) in [4.78, 5) is 0. The third-order valence-corrected chi connectivity index (χ3v) is 2.89. The number of benzene rings is 1. The van der Waals surface area contributed by atoms with Crippen molar-refractivity contribution >= 4 is 11.6 Å². The first-order valence-corrected chi connectivity index (χ1v) is 6.04. The van der Waals surface area contributed by atoms with Crippen molar-refractivity contribution in [3.8, 4) is 5.75 Å². The number of nitrogens with one attached hydrogen (secondary N) is 1. The van der Waals surface area contributed by atoms with Crippen LogP contribution in [0.15, 0.2) is 18.2 Å². The molecule has 114 valence electrons. The smallest absolute Gasteiger partial charge is 0.455 e. The molecular formula is C12H13ClF5NO. The van der Waals surface area contributed by atoms with E-state index in [-0.39, 0.29) is 22.9 Å². The van der Waals surface area contributed by atoms with Gasteiger partial charge < -0.3 is 10.1 Å². The third kappa shape index (κ3) is 3.32. The van der Waals surface area contributed by atoms with Crippen molar-refractivity contribution in [2.45, 2.75) is 25.1 Å². The summed E-state index contributed by atoms with van der Waals surface area (Å²) < 4.78 is 69.8. The highest BCUT2D eigenvalue weighted by molar-refractivity contribution is 6.30. The zero-order valence-electron chi connectivity index (χ0n) is 10.7. The molecule has 8 heteroatoms. The Morgan fingerprint density at radius 2 is 1.85 bits per heavy atom. The summed E-state index contributed by atoms with van der Waals surface area (Å²) >= 11 is 5.67. The van der Waals surface area contributed by atoms with Gasteiger partial charge >= 0.3 is 12.1 Å².